The van der Waals surface area contributed by atoms with Crippen LogP contribution in [0.2, 0.25) is 0 Å². The zero-order valence-electron chi connectivity index (χ0n) is 38.9. The summed E-state index contributed by atoms with van der Waals surface area (Å²) in [5, 5.41) is 13.9. The lowest BCUT2D eigenvalue weighted by Crippen LogP contribution is -2.52. The molecule has 9 rings (SSSR count). The molecule has 0 spiro atoms. The number of nitrogens with two attached hydrogens (primary N) is 1. The zero-order chi connectivity index (χ0) is 47.1. The smallest absolute Gasteiger partial charge is 0.240 e. The van der Waals surface area contributed by atoms with Crippen LogP contribution in [-0.2, 0) is 19.1 Å². The second kappa shape index (κ2) is 19.3. The fourth-order valence-corrected chi connectivity index (χ4v) is 9.85. The fraction of sp³-hybridized carbons (Fsp3) is 0.431. The number of fused-ring (bicyclic) bond motifs is 5. The van der Waals surface area contributed by atoms with Crippen molar-refractivity contribution in [2.45, 2.75) is 90.2 Å². The quantitative estimate of drug-likeness (QED) is 0.0478. The lowest BCUT2D eigenvalue weighted by atomic mass is 10.00. The Labute approximate surface area is 389 Å². The van der Waals surface area contributed by atoms with Gasteiger partial charge in [0, 0.05) is 55.7 Å². The van der Waals surface area contributed by atoms with Crippen LogP contribution in [-0.4, -0.2) is 105 Å². The maximum atomic E-state index is 16.9. The molecule has 3 aliphatic rings. The van der Waals surface area contributed by atoms with Gasteiger partial charge in [-0.1, -0.05) is 45.9 Å². The standard InChI is InChI=1S/C51H61FN8O7/c1-28(2)45(53)48(61)58-16-8-12-40(58)37-23-34(26-54-37)32-22-36(52)44-42-24-33-20-30(38-27-55-47(56-38)41-13-9-17-59(41)49(62)46(29(3)4)57-51(63)65-6)14-15-39(33)60(42)50(67-43(44)25-32)31-10-7-11-35(21-31)66-19-18-64-5/h7,10-11,14-15,20-29,40-41,45-46,50-51,54,57,63H,8-9,12-13,16-19,53H2,1-6H3,(H,55,56). The molecule has 6 atom stereocenters. The molecule has 2 fully saturated rings. The topological polar surface area (TPSA) is 185 Å². The highest BCUT2D eigenvalue weighted by Gasteiger charge is 2.39. The van der Waals surface area contributed by atoms with Gasteiger partial charge in [-0.05, 0) is 97.2 Å². The van der Waals surface area contributed by atoms with E-state index in [-0.39, 0.29) is 35.7 Å². The van der Waals surface area contributed by atoms with Gasteiger partial charge in [-0.3, -0.25) is 14.9 Å². The third-order valence-electron chi connectivity index (χ3n) is 13.5. The van der Waals surface area contributed by atoms with E-state index in [0.29, 0.717) is 60.4 Å². The molecule has 2 saturated heterocycles. The average molecular weight is 917 g/mol. The number of amides is 2. The van der Waals surface area contributed by atoms with Gasteiger partial charge in [-0.15, -0.1) is 0 Å². The summed E-state index contributed by atoms with van der Waals surface area (Å²) in [6, 6.07) is 19.6. The number of aromatic nitrogens is 4. The van der Waals surface area contributed by atoms with Crippen molar-refractivity contribution in [1.82, 2.24) is 34.6 Å². The van der Waals surface area contributed by atoms with Gasteiger partial charge >= 0.3 is 0 Å². The molecule has 15 nitrogen and oxygen atoms in total. The van der Waals surface area contributed by atoms with Crippen molar-refractivity contribution in [3.63, 3.8) is 0 Å². The van der Waals surface area contributed by atoms with Gasteiger partial charge in [0.2, 0.25) is 24.5 Å². The number of H-pyrrole nitrogens is 2. The van der Waals surface area contributed by atoms with Crippen molar-refractivity contribution in [2.75, 3.05) is 40.5 Å². The van der Waals surface area contributed by atoms with Gasteiger partial charge in [-0.2, -0.15) is 0 Å². The third-order valence-corrected chi connectivity index (χ3v) is 13.5. The van der Waals surface area contributed by atoms with Crippen LogP contribution in [0.1, 0.15) is 88.8 Å². The monoisotopic (exact) mass is 916 g/mol. The largest absolute Gasteiger partial charge is 0.491 e. The number of methoxy groups -OCH3 is 2. The SMILES string of the molecule is COCCOc1cccc(C2Oc3cc(-c4c[nH]c(C5CCCN5C(=O)C(N)C(C)C)c4)cc(F)c3-c3cc4cc(-c5cnc(C6CCCN6C(=O)C(NC(O)OC)C(C)C)[nH]5)ccc4n32)c1. The van der Waals surface area contributed by atoms with E-state index in [1.165, 1.54) is 7.11 Å². The number of nitrogens with zero attached hydrogens (tertiary/aromatic N) is 4. The van der Waals surface area contributed by atoms with E-state index in [1.54, 1.807) is 19.4 Å². The highest BCUT2D eigenvalue weighted by Crippen LogP contribution is 2.48. The van der Waals surface area contributed by atoms with Crippen molar-refractivity contribution in [2.24, 2.45) is 17.6 Å². The van der Waals surface area contributed by atoms with Crippen molar-refractivity contribution in [3.05, 3.63) is 102 Å². The Bertz CT molecular complexity index is 2750. The number of imidazole rings is 1. The van der Waals surface area contributed by atoms with Crippen LogP contribution in [0.4, 0.5) is 4.39 Å². The first-order valence-corrected chi connectivity index (χ1v) is 23.3. The molecule has 2 amide bonds. The predicted octanol–water partition coefficient (Wildman–Crippen LogP) is 7.64. The van der Waals surface area contributed by atoms with Crippen molar-refractivity contribution >= 4 is 22.7 Å². The number of aromatic amines is 2. The summed E-state index contributed by atoms with van der Waals surface area (Å²) in [6.45, 7) is 9.78. The van der Waals surface area contributed by atoms with Crippen LogP contribution in [0.3, 0.4) is 0 Å². The molecule has 16 heteroatoms. The number of hydrogen-bond acceptors (Lipinski definition) is 10. The van der Waals surface area contributed by atoms with E-state index in [0.717, 1.165) is 64.7 Å². The Morgan fingerprint density at radius 1 is 0.925 bits per heavy atom. The lowest BCUT2D eigenvalue weighted by molar-refractivity contribution is -0.145. The van der Waals surface area contributed by atoms with E-state index in [9.17, 15) is 14.7 Å². The third kappa shape index (κ3) is 8.96. The molecule has 0 radical (unpaired) electrons. The summed E-state index contributed by atoms with van der Waals surface area (Å²) in [4.78, 5) is 42.6. The van der Waals surface area contributed by atoms with Crippen LogP contribution in [0.15, 0.2) is 79.1 Å². The van der Waals surface area contributed by atoms with E-state index in [2.05, 4.69) is 21.4 Å². The summed E-state index contributed by atoms with van der Waals surface area (Å²) >= 11 is 0. The number of nitrogens with one attached hydrogen (secondary N) is 3. The molecule has 0 bridgehead atoms. The molecule has 6 N–H and O–H groups in total. The summed E-state index contributed by atoms with van der Waals surface area (Å²) in [7, 11) is 3.01. The van der Waals surface area contributed by atoms with Crippen LogP contribution in [0.25, 0.3) is 44.5 Å². The van der Waals surface area contributed by atoms with Gasteiger partial charge in [0.25, 0.3) is 0 Å². The molecule has 6 unspecified atom stereocenters. The molecular formula is C51H61FN8O7. The molecule has 6 aromatic rings. The molecule has 3 aliphatic heterocycles. The first-order valence-electron chi connectivity index (χ1n) is 23.3. The highest BCUT2D eigenvalue weighted by atomic mass is 19.1. The molecule has 354 valence electrons. The normalized spacial score (nSPS) is 19.5. The molecule has 0 saturated carbocycles. The van der Waals surface area contributed by atoms with Crippen LogP contribution in [0, 0.1) is 17.7 Å². The molecule has 0 aliphatic carbocycles. The summed E-state index contributed by atoms with van der Waals surface area (Å²) in [5.74, 6) is 1.04. The van der Waals surface area contributed by atoms with Gasteiger partial charge in [-0.25, -0.2) is 9.37 Å². The average Bonchev–Trinajstić information content (AvgIpc) is 4.19. The number of likely N-dealkylation sites (tertiary alicyclic amines) is 2. The number of aliphatic hydroxyl groups is 1. The van der Waals surface area contributed by atoms with Gasteiger partial charge in [0.15, 0.2) is 0 Å². The Kier molecular flexibility index (Phi) is 13.3. The Hall–Kier alpha value is -6.04. The molecule has 3 aromatic carbocycles. The Morgan fingerprint density at radius 2 is 1.70 bits per heavy atom. The minimum Gasteiger partial charge on any atom is -0.491 e. The van der Waals surface area contributed by atoms with E-state index < -0.39 is 30.5 Å². The second-order valence-electron chi connectivity index (χ2n) is 18.5. The van der Waals surface area contributed by atoms with Gasteiger partial charge < -0.3 is 54.1 Å². The lowest BCUT2D eigenvalue weighted by Gasteiger charge is -2.31. The molecule has 3 aromatic heterocycles. The molecular weight excluding hydrogens is 856 g/mol. The van der Waals surface area contributed by atoms with E-state index in [4.69, 9.17) is 29.7 Å². The summed E-state index contributed by atoms with van der Waals surface area (Å²) < 4.78 is 42.1. The Morgan fingerprint density at radius 3 is 2.45 bits per heavy atom. The number of benzene rings is 3. The van der Waals surface area contributed by atoms with Crippen molar-refractivity contribution in [3.8, 4) is 45.1 Å². The maximum absolute atomic E-state index is 16.9. The van der Waals surface area contributed by atoms with Crippen LogP contribution >= 0.6 is 0 Å². The molecule has 6 heterocycles. The number of rotatable bonds is 16. The van der Waals surface area contributed by atoms with Crippen LogP contribution < -0.4 is 20.5 Å². The number of carbonyl (C=O) groups excluding carboxylic acids is 2. The highest BCUT2D eigenvalue weighted by molar-refractivity contribution is 5.93. The number of carbonyl (C=O) groups is 2. The maximum Gasteiger partial charge on any atom is 0.240 e. The number of halogens is 1. The summed E-state index contributed by atoms with van der Waals surface area (Å²) in [6.07, 6.45) is 4.93. The van der Waals surface area contributed by atoms with E-state index >= 15 is 4.39 Å². The summed E-state index contributed by atoms with van der Waals surface area (Å²) in [5.41, 5.74) is 12.9. The fourth-order valence-electron chi connectivity index (χ4n) is 9.85. The number of aliphatic hydroxyl groups excluding tert-OH is 1. The van der Waals surface area contributed by atoms with Crippen molar-refractivity contribution in [1.29, 1.82) is 0 Å². The predicted molar refractivity (Wildman–Crippen MR) is 252 cm³/mol. The number of ether oxygens (including phenoxy) is 4. The Balaban J connectivity index is 1.06. The first kappa shape index (κ1) is 46.1. The minimum absolute atomic E-state index is 0.0184. The van der Waals surface area contributed by atoms with Crippen LogP contribution in [0.5, 0.6) is 11.5 Å². The first-order chi connectivity index (χ1) is 32.3. The second-order valence-corrected chi connectivity index (χ2v) is 18.5. The van der Waals surface area contributed by atoms with Gasteiger partial charge in [0.05, 0.1) is 59.4 Å². The molecule has 67 heavy (non-hydrogen) atoms. The van der Waals surface area contributed by atoms with E-state index in [1.807, 2.05) is 103 Å². The number of hydrogen-bond donors (Lipinski definition) is 5. The minimum atomic E-state index is -1.27. The van der Waals surface area contributed by atoms with Crippen molar-refractivity contribution < 1.29 is 38.0 Å². The zero-order valence-corrected chi connectivity index (χ0v) is 38.9. The van der Waals surface area contributed by atoms with Gasteiger partial charge in [0.1, 0.15) is 29.7 Å².